The van der Waals surface area contributed by atoms with Crippen LogP contribution in [0.3, 0.4) is 0 Å². The van der Waals surface area contributed by atoms with Crippen LogP contribution in [0, 0.1) is 5.82 Å². The van der Waals surface area contributed by atoms with Gasteiger partial charge in [0.25, 0.3) is 0 Å². The number of hydrogen-bond donors (Lipinski definition) is 0. The quantitative estimate of drug-likeness (QED) is 0.429. The van der Waals surface area contributed by atoms with E-state index in [-0.39, 0.29) is 33.7 Å². The highest BCUT2D eigenvalue weighted by molar-refractivity contribution is 7.90. The summed E-state index contributed by atoms with van der Waals surface area (Å²) in [7, 11) is -3.45. The second-order valence-corrected chi connectivity index (χ2v) is 8.90. The monoisotopic (exact) mass is 454 g/mol. The summed E-state index contributed by atoms with van der Waals surface area (Å²) in [5.41, 5.74) is -1.42. The Bertz CT molecular complexity index is 1500. The van der Waals surface area contributed by atoms with E-state index in [9.17, 15) is 30.8 Å². The molecule has 0 bridgehead atoms. The first-order valence-corrected chi connectivity index (χ1v) is 10.8. The van der Waals surface area contributed by atoms with Crippen molar-refractivity contribution in [2.75, 3.05) is 6.26 Å². The Hall–Kier alpha value is -3.21. The third-order valence-corrected chi connectivity index (χ3v) is 5.93. The van der Waals surface area contributed by atoms with E-state index < -0.39 is 38.6 Å². The van der Waals surface area contributed by atoms with Gasteiger partial charge in [-0.2, -0.15) is 13.2 Å². The lowest BCUT2D eigenvalue weighted by Crippen LogP contribution is -2.14. The molecule has 0 saturated carbocycles. The van der Waals surface area contributed by atoms with Gasteiger partial charge in [0.1, 0.15) is 16.8 Å². The molecule has 2 aromatic heterocycles. The second-order valence-electron chi connectivity index (χ2n) is 6.88. The molecular weight excluding hydrogens is 440 g/mol. The molecule has 6 nitrogen and oxygen atoms in total. The molecule has 0 radical (unpaired) electrons. The molecule has 0 unspecified atom stereocenters. The largest absolute Gasteiger partial charge is 0.454 e. The Balaban J connectivity index is 2.06. The number of sulfone groups is 1. The summed E-state index contributed by atoms with van der Waals surface area (Å²) < 4.78 is 84.5. The molecule has 0 aliphatic carbocycles. The summed E-state index contributed by atoms with van der Waals surface area (Å²) in [4.78, 5) is 16.1. The summed E-state index contributed by atoms with van der Waals surface area (Å²) in [6, 6.07) is 7.30. The average molecular weight is 454 g/mol. The first-order valence-electron chi connectivity index (χ1n) is 8.96. The van der Waals surface area contributed by atoms with Crippen LogP contribution in [-0.4, -0.2) is 24.2 Å². The first-order chi connectivity index (χ1) is 14.4. The molecule has 4 rings (SSSR count). The van der Waals surface area contributed by atoms with Crippen LogP contribution in [0.15, 0.2) is 50.5 Å². The molecule has 0 aliphatic rings. The highest BCUT2D eigenvalue weighted by Gasteiger charge is 2.38. The minimum Gasteiger partial charge on any atom is -0.454 e. The Labute approximate surface area is 172 Å². The van der Waals surface area contributed by atoms with Gasteiger partial charge >= 0.3 is 6.18 Å². The Kier molecular flexibility index (Phi) is 4.69. The lowest BCUT2D eigenvalue weighted by atomic mass is 10.1. The fourth-order valence-corrected chi connectivity index (χ4v) is 4.02. The average Bonchev–Trinajstić information content (AvgIpc) is 3.09. The van der Waals surface area contributed by atoms with Crippen LogP contribution in [0.5, 0.6) is 0 Å². The van der Waals surface area contributed by atoms with Crippen molar-refractivity contribution in [2.45, 2.75) is 24.5 Å². The zero-order valence-electron chi connectivity index (χ0n) is 16.1. The van der Waals surface area contributed by atoms with Crippen molar-refractivity contribution in [2.24, 2.45) is 0 Å². The van der Waals surface area contributed by atoms with Crippen LogP contribution in [0.4, 0.5) is 17.6 Å². The summed E-state index contributed by atoms with van der Waals surface area (Å²) >= 11 is 0. The smallest absolute Gasteiger partial charge is 0.449 e. The molecule has 0 saturated heterocycles. The lowest BCUT2D eigenvalue weighted by Gasteiger charge is -2.10. The molecular formula is C20H14F4N2O4S. The van der Waals surface area contributed by atoms with Gasteiger partial charge in [-0.05, 0) is 37.3 Å². The van der Waals surface area contributed by atoms with Crippen molar-refractivity contribution in [3.63, 3.8) is 0 Å². The van der Waals surface area contributed by atoms with Crippen molar-refractivity contribution in [3.05, 3.63) is 58.3 Å². The zero-order valence-corrected chi connectivity index (χ0v) is 16.9. The number of benzene rings is 2. The van der Waals surface area contributed by atoms with E-state index in [0.29, 0.717) is 5.56 Å². The number of imidazole rings is 1. The topological polar surface area (TPSA) is 82.2 Å². The molecule has 31 heavy (non-hydrogen) atoms. The van der Waals surface area contributed by atoms with Gasteiger partial charge in [-0.25, -0.2) is 17.8 Å². The van der Waals surface area contributed by atoms with Crippen LogP contribution in [0.2, 0.25) is 0 Å². The molecule has 4 aromatic rings. The van der Waals surface area contributed by atoms with Gasteiger partial charge in [0.2, 0.25) is 5.82 Å². The van der Waals surface area contributed by atoms with Crippen LogP contribution in [-0.2, 0) is 22.6 Å². The van der Waals surface area contributed by atoms with E-state index >= 15 is 0 Å². The zero-order chi connectivity index (χ0) is 22.7. The highest BCUT2D eigenvalue weighted by Crippen LogP contribution is 2.36. The lowest BCUT2D eigenvalue weighted by molar-refractivity contribution is -0.146. The third kappa shape index (κ3) is 3.48. The van der Waals surface area contributed by atoms with Gasteiger partial charge in [-0.3, -0.25) is 4.79 Å². The normalized spacial score (nSPS) is 12.7. The van der Waals surface area contributed by atoms with E-state index in [1.807, 2.05) is 0 Å². The Morgan fingerprint density at radius 1 is 1.13 bits per heavy atom. The van der Waals surface area contributed by atoms with E-state index in [4.69, 9.17) is 4.42 Å². The van der Waals surface area contributed by atoms with Crippen molar-refractivity contribution in [1.29, 1.82) is 0 Å². The number of aryl methyl sites for hydroxylation is 1. The van der Waals surface area contributed by atoms with E-state index in [2.05, 4.69) is 4.98 Å². The number of nitrogens with zero attached hydrogens (tertiary/aromatic N) is 2. The van der Waals surface area contributed by atoms with Crippen molar-refractivity contribution >= 4 is 31.8 Å². The summed E-state index contributed by atoms with van der Waals surface area (Å²) in [6.07, 6.45) is -3.80. The fraction of sp³-hybridized carbons (Fsp3) is 0.200. The molecule has 0 N–H and O–H groups in total. The number of hydrogen-bond acceptors (Lipinski definition) is 5. The van der Waals surface area contributed by atoms with Gasteiger partial charge in [0, 0.05) is 24.4 Å². The molecule has 2 aromatic carbocycles. The molecule has 0 amide bonds. The Morgan fingerprint density at radius 2 is 1.77 bits per heavy atom. The van der Waals surface area contributed by atoms with Crippen LogP contribution >= 0.6 is 0 Å². The standard InChI is InChI=1S/C20H14F4N2O4S/c1-3-26-17-16(25-19(26)20(22,23)24)13(21)8-12-14(27)9-15(30-18(12)17)10-4-6-11(7-5-10)31(2,28)29/h4-9H,3H2,1-2H3. The van der Waals surface area contributed by atoms with Crippen LogP contribution in [0.25, 0.3) is 33.3 Å². The Morgan fingerprint density at radius 3 is 2.32 bits per heavy atom. The summed E-state index contributed by atoms with van der Waals surface area (Å²) in [6.45, 7) is 1.24. The SMILES string of the molecule is CCn1c(C(F)(F)F)nc2c(F)cc3c(=O)cc(-c4ccc(S(C)(=O)=O)cc4)oc3c21. The second kappa shape index (κ2) is 6.91. The van der Waals surface area contributed by atoms with Crippen LogP contribution in [0.1, 0.15) is 12.7 Å². The molecule has 0 aliphatic heterocycles. The number of rotatable bonds is 3. The van der Waals surface area contributed by atoms with Crippen molar-refractivity contribution in [3.8, 4) is 11.3 Å². The summed E-state index contributed by atoms with van der Waals surface area (Å²) in [5, 5.41) is -0.232. The van der Waals surface area contributed by atoms with Gasteiger partial charge in [0.05, 0.1) is 10.3 Å². The number of aromatic nitrogens is 2. The first kappa shape index (κ1) is 21.0. The molecule has 0 spiro atoms. The van der Waals surface area contributed by atoms with Gasteiger partial charge in [-0.1, -0.05) is 0 Å². The maximum absolute atomic E-state index is 14.5. The minimum absolute atomic E-state index is 0.0112. The van der Waals surface area contributed by atoms with Crippen molar-refractivity contribution < 1.29 is 30.4 Å². The van der Waals surface area contributed by atoms with Crippen LogP contribution < -0.4 is 5.43 Å². The fourth-order valence-electron chi connectivity index (χ4n) is 3.39. The predicted octanol–water partition coefficient (Wildman–Crippen LogP) is 4.39. The molecule has 2 heterocycles. The van der Waals surface area contributed by atoms with Gasteiger partial charge in [0.15, 0.2) is 26.7 Å². The molecule has 162 valence electrons. The summed E-state index contributed by atoms with van der Waals surface area (Å²) in [5.74, 6) is -2.39. The van der Waals surface area contributed by atoms with E-state index in [1.165, 1.54) is 31.2 Å². The van der Waals surface area contributed by atoms with Crippen molar-refractivity contribution in [1.82, 2.24) is 9.55 Å². The number of alkyl halides is 3. The maximum Gasteiger partial charge on any atom is 0.449 e. The van der Waals surface area contributed by atoms with Gasteiger partial charge in [-0.15, -0.1) is 0 Å². The maximum atomic E-state index is 14.5. The van der Waals surface area contributed by atoms with E-state index in [0.717, 1.165) is 23.0 Å². The van der Waals surface area contributed by atoms with E-state index in [1.54, 1.807) is 0 Å². The molecule has 0 atom stereocenters. The molecule has 0 fully saturated rings. The molecule has 11 heteroatoms. The third-order valence-electron chi connectivity index (χ3n) is 4.80. The predicted molar refractivity (Wildman–Crippen MR) is 105 cm³/mol. The number of fused-ring (bicyclic) bond motifs is 3. The number of halogens is 4. The highest BCUT2D eigenvalue weighted by atomic mass is 32.2. The minimum atomic E-state index is -4.84. The van der Waals surface area contributed by atoms with Gasteiger partial charge < -0.3 is 8.98 Å².